The summed E-state index contributed by atoms with van der Waals surface area (Å²) in [6.45, 7) is 1.58. The molecule has 1 saturated heterocycles. The number of aromatic nitrogens is 2. The van der Waals surface area contributed by atoms with E-state index in [1.807, 2.05) is 0 Å². The molecule has 1 aromatic rings. The van der Waals surface area contributed by atoms with E-state index >= 15 is 0 Å². The van der Waals surface area contributed by atoms with E-state index in [4.69, 9.17) is 4.74 Å². The monoisotopic (exact) mass is 276 g/mol. The number of thiol groups is 1. The van der Waals surface area contributed by atoms with Crippen molar-refractivity contribution in [3.05, 3.63) is 32.6 Å². The van der Waals surface area contributed by atoms with Gasteiger partial charge in [0, 0.05) is 23.9 Å². The van der Waals surface area contributed by atoms with Crippen molar-refractivity contribution in [1.29, 1.82) is 0 Å². The van der Waals surface area contributed by atoms with E-state index in [0.717, 1.165) is 0 Å². The van der Waals surface area contributed by atoms with Gasteiger partial charge in [0.25, 0.3) is 5.56 Å². The Morgan fingerprint density at radius 2 is 2.28 bits per heavy atom. The van der Waals surface area contributed by atoms with E-state index in [-0.39, 0.29) is 19.6 Å². The lowest BCUT2D eigenvalue weighted by atomic mass is 10.2. The summed E-state index contributed by atoms with van der Waals surface area (Å²) in [6, 6.07) is 0. The fraction of sp³-hybridized carbons (Fsp3) is 0.636. The minimum absolute atomic E-state index is 0. The molecule has 1 fully saturated rings. The Morgan fingerprint density at radius 3 is 2.83 bits per heavy atom. The van der Waals surface area contributed by atoms with Crippen LogP contribution in [-0.4, -0.2) is 27.6 Å². The zero-order chi connectivity index (χ0) is 12.6. The summed E-state index contributed by atoms with van der Waals surface area (Å²) in [6.07, 6.45) is -0.944. The smallest absolute Gasteiger partial charge is 0.330 e. The lowest BCUT2D eigenvalue weighted by Crippen LogP contribution is -2.33. The second-order valence-electron chi connectivity index (χ2n) is 4.04. The first-order valence-electron chi connectivity index (χ1n) is 5.25. The first-order chi connectivity index (χ1) is 8.02. The van der Waals surface area contributed by atoms with Gasteiger partial charge in [-0.3, -0.25) is 14.3 Å². The maximum Gasteiger partial charge on any atom is 0.330 e. The Hall–Kier alpha value is -1.08. The average Bonchev–Trinajstić information content (AvgIpc) is 2.65. The third-order valence-electron chi connectivity index (χ3n) is 2.80. The van der Waals surface area contributed by atoms with Gasteiger partial charge in [-0.1, -0.05) is 7.43 Å². The Balaban J connectivity index is 0.00000162. The van der Waals surface area contributed by atoms with Crippen molar-refractivity contribution >= 4 is 12.6 Å². The molecule has 0 unspecified atom stereocenters. The number of H-pyrrole nitrogens is 1. The number of rotatable bonds is 2. The van der Waals surface area contributed by atoms with Crippen molar-refractivity contribution in [3.63, 3.8) is 0 Å². The third kappa shape index (κ3) is 2.67. The number of aryl methyl sites for hydroxylation is 1. The molecule has 1 aromatic heterocycles. The molecule has 0 radical (unpaired) electrons. The van der Waals surface area contributed by atoms with Crippen LogP contribution in [0.15, 0.2) is 15.8 Å². The number of hydrogen-bond donors (Lipinski definition) is 2. The Morgan fingerprint density at radius 1 is 1.61 bits per heavy atom. The van der Waals surface area contributed by atoms with Crippen molar-refractivity contribution < 1.29 is 9.13 Å². The van der Waals surface area contributed by atoms with Gasteiger partial charge in [0.05, 0.1) is 0 Å². The molecule has 0 aromatic carbocycles. The van der Waals surface area contributed by atoms with Gasteiger partial charge in [-0.25, -0.2) is 9.18 Å². The number of alkyl halides is 1. The van der Waals surface area contributed by atoms with Crippen LogP contribution in [0.25, 0.3) is 0 Å². The molecule has 1 N–H and O–H groups in total. The van der Waals surface area contributed by atoms with Gasteiger partial charge in [0.2, 0.25) is 0 Å². The summed E-state index contributed by atoms with van der Waals surface area (Å²) >= 11 is 3.98. The second kappa shape index (κ2) is 5.71. The molecule has 1 aliphatic rings. The molecule has 0 amide bonds. The van der Waals surface area contributed by atoms with E-state index < -0.39 is 29.8 Å². The standard InChI is InChI=1S/C10H13FN2O3S.CH4/c1-5-3-13(10(15)12-9(5)14)8-2-6(11)7(4-17)16-8;/h3,6-8,17H,2,4H2,1H3,(H,12,14,15);1H4/t6-,7+,8+;/m0./s1. The summed E-state index contributed by atoms with van der Waals surface area (Å²) in [5, 5.41) is 0. The summed E-state index contributed by atoms with van der Waals surface area (Å²) in [7, 11) is 0. The van der Waals surface area contributed by atoms with Gasteiger partial charge in [-0.2, -0.15) is 12.6 Å². The van der Waals surface area contributed by atoms with E-state index in [1.165, 1.54) is 10.8 Å². The molecule has 18 heavy (non-hydrogen) atoms. The van der Waals surface area contributed by atoms with Crippen LogP contribution >= 0.6 is 12.6 Å². The minimum Gasteiger partial charge on any atom is -0.351 e. The van der Waals surface area contributed by atoms with Crippen molar-refractivity contribution in [1.82, 2.24) is 9.55 Å². The molecular formula is C11H17FN2O3S. The zero-order valence-electron chi connectivity index (χ0n) is 9.22. The van der Waals surface area contributed by atoms with Crippen LogP contribution in [0.4, 0.5) is 4.39 Å². The van der Waals surface area contributed by atoms with Gasteiger partial charge < -0.3 is 4.74 Å². The highest BCUT2D eigenvalue weighted by Crippen LogP contribution is 2.30. The van der Waals surface area contributed by atoms with Gasteiger partial charge in [-0.15, -0.1) is 0 Å². The summed E-state index contributed by atoms with van der Waals surface area (Å²) < 4.78 is 20.1. The van der Waals surface area contributed by atoms with E-state index in [1.54, 1.807) is 6.92 Å². The highest BCUT2D eigenvalue weighted by Gasteiger charge is 2.35. The van der Waals surface area contributed by atoms with Gasteiger partial charge in [0.1, 0.15) is 18.5 Å². The van der Waals surface area contributed by atoms with Gasteiger partial charge in [-0.05, 0) is 6.92 Å². The summed E-state index contributed by atoms with van der Waals surface area (Å²) in [4.78, 5) is 24.9. The second-order valence-corrected chi connectivity index (χ2v) is 4.41. The molecule has 0 spiro atoms. The molecule has 5 nitrogen and oxygen atoms in total. The Bertz CT molecular complexity index is 528. The first kappa shape index (κ1) is 15.0. The fourth-order valence-electron chi connectivity index (χ4n) is 1.82. The number of ether oxygens (including phenoxy) is 1. The van der Waals surface area contributed by atoms with E-state index in [0.29, 0.717) is 5.56 Å². The van der Waals surface area contributed by atoms with Crippen LogP contribution < -0.4 is 11.2 Å². The molecule has 3 atom stereocenters. The highest BCUT2D eigenvalue weighted by molar-refractivity contribution is 7.80. The SMILES string of the molecule is C.Cc1cn([C@H]2C[C@H](F)[C@@H](CS)O2)c(=O)[nH]c1=O. The predicted molar refractivity (Wildman–Crippen MR) is 70.1 cm³/mol. The molecule has 7 heteroatoms. The van der Waals surface area contributed by atoms with E-state index in [9.17, 15) is 14.0 Å². The molecule has 0 aliphatic carbocycles. The number of hydrogen-bond acceptors (Lipinski definition) is 4. The zero-order valence-corrected chi connectivity index (χ0v) is 10.1. The van der Waals surface area contributed by atoms with Gasteiger partial charge >= 0.3 is 5.69 Å². The molecule has 0 saturated carbocycles. The largest absolute Gasteiger partial charge is 0.351 e. The fourth-order valence-corrected chi connectivity index (χ4v) is 2.14. The van der Waals surface area contributed by atoms with Crippen LogP contribution in [0, 0.1) is 6.92 Å². The maximum absolute atomic E-state index is 13.5. The van der Waals surface area contributed by atoms with Crippen LogP contribution in [0.1, 0.15) is 25.6 Å². The molecule has 2 rings (SSSR count). The van der Waals surface area contributed by atoms with Crippen LogP contribution in [-0.2, 0) is 4.74 Å². The average molecular weight is 276 g/mol. The Kier molecular flexibility index (Phi) is 4.75. The van der Waals surface area contributed by atoms with Crippen LogP contribution in [0.5, 0.6) is 0 Å². The molecular weight excluding hydrogens is 259 g/mol. The first-order valence-corrected chi connectivity index (χ1v) is 5.88. The molecule has 2 heterocycles. The van der Waals surface area contributed by atoms with Crippen molar-refractivity contribution in [2.75, 3.05) is 5.75 Å². The van der Waals surface area contributed by atoms with Crippen molar-refractivity contribution in [3.8, 4) is 0 Å². The number of nitrogens with zero attached hydrogens (tertiary/aromatic N) is 1. The topological polar surface area (TPSA) is 64.1 Å². The summed E-state index contributed by atoms with van der Waals surface area (Å²) in [5.41, 5.74) is -0.637. The molecule has 0 bridgehead atoms. The van der Waals surface area contributed by atoms with Crippen LogP contribution in [0.2, 0.25) is 0 Å². The van der Waals surface area contributed by atoms with Gasteiger partial charge in [0.15, 0.2) is 0 Å². The lowest BCUT2D eigenvalue weighted by molar-refractivity contribution is 0.00180. The highest BCUT2D eigenvalue weighted by atomic mass is 32.1. The molecule has 102 valence electrons. The summed E-state index contributed by atoms with van der Waals surface area (Å²) in [5.74, 6) is 0.259. The lowest BCUT2D eigenvalue weighted by Gasteiger charge is -2.14. The van der Waals surface area contributed by atoms with E-state index in [2.05, 4.69) is 17.6 Å². The number of nitrogens with one attached hydrogen (secondary N) is 1. The van der Waals surface area contributed by atoms with Crippen molar-refractivity contribution in [2.24, 2.45) is 0 Å². The van der Waals surface area contributed by atoms with Crippen molar-refractivity contribution in [2.45, 2.75) is 39.3 Å². The third-order valence-corrected chi connectivity index (χ3v) is 3.16. The maximum atomic E-state index is 13.5. The number of halogens is 1. The quantitative estimate of drug-likeness (QED) is 0.793. The normalized spacial score (nSPS) is 26.9. The minimum atomic E-state index is -1.14. The Labute approximate surface area is 109 Å². The van der Waals surface area contributed by atoms with Crippen LogP contribution in [0.3, 0.4) is 0 Å². The molecule has 1 aliphatic heterocycles. The predicted octanol–water partition coefficient (Wildman–Crippen LogP) is 1.04. The number of aromatic amines is 1.